The van der Waals surface area contributed by atoms with Crippen molar-refractivity contribution in [2.24, 2.45) is 0 Å². The van der Waals surface area contributed by atoms with Crippen LogP contribution in [0.2, 0.25) is 0 Å². The number of hydrogen-bond donors (Lipinski definition) is 0. The van der Waals surface area contributed by atoms with Crippen LogP contribution in [0.4, 0.5) is 0 Å². The summed E-state index contributed by atoms with van der Waals surface area (Å²) >= 11 is 0. The van der Waals surface area contributed by atoms with E-state index in [1.165, 1.54) is 0 Å². The van der Waals surface area contributed by atoms with Gasteiger partial charge in [-0.3, -0.25) is 0 Å². The van der Waals surface area contributed by atoms with Gasteiger partial charge in [-0.05, 0) is 0 Å². The first-order chi connectivity index (χ1) is 0. The Labute approximate surface area is 59.5 Å². The van der Waals surface area contributed by atoms with E-state index in [4.69, 9.17) is 0 Å². The van der Waals surface area contributed by atoms with Crippen molar-refractivity contribution < 1.29 is 53.7 Å². The van der Waals surface area contributed by atoms with Crippen molar-refractivity contribution in [3.05, 3.63) is 0 Å². The second-order valence-electron chi connectivity index (χ2n) is 0. The van der Waals surface area contributed by atoms with Crippen molar-refractivity contribution in [2.45, 2.75) is 0 Å². The standard InChI is InChI=1S/Hf.N.O.Ta. The molecule has 0 aliphatic heterocycles. The zero-order valence-electron chi connectivity index (χ0n) is 1.80. The maximum absolute atomic E-state index is 0. The van der Waals surface area contributed by atoms with Gasteiger partial charge in [0.25, 0.3) is 0 Å². The Morgan fingerprint density at radius 2 is 1.00 bits per heavy atom. The zero-order chi connectivity index (χ0) is 0. The molecule has 0 aliphatic rings. The van der Waals surface area contributed by atoms with E-state index in [0.717, 1.165) is 0 Å². The summed E-state index contributed by atoms with van der Waals surface area (Å²) in [5, 5.41) is 0. The maximum atomic E-state index is 0. The average molecular weight is 389 g/mol. The Balaban J connectivity index is 0. The van der Waals surface area contributed by atoms with Crippen LogP contribution in [0.1, 0.15) is 0 Å². The molecule has 0 saturated carbocycles. The molecule has 0 spiro atoms. The fraction of sp³-hybridized carbons (Fsp3) is 0. The predicted octanol–water partition coefficient (Wildman–Crippen LogP) is -0.604. The SMILES string of the molecule is [Hf].[N].[O].[Ta]. The summed E-state index contributed by atoms with van der Waals surface area (Å²) in [6.45, 7) is 0. The molecule has 0 unspecified atom stereocenters. The van der Waals surface area contributed by atoms with Crippen LogP contribution in [0.3, 0.4) is 0 Å². The fourth-order valence-corrected chi connectivity index (χ4v) is 0. The second-order valence-corrected chi connectivity index (χ2v) is 0. The van der Waals surface area contributed by atoms with E-state index in [-0.39, 0.29) is 59.9 Å². The van der Waals surface area contributed by atoms with Crippen molar-refractivity contribution in [1.29, 1.82) is 0 Å². The Hall–Kier alpha value is 1.53. The van der Waals surface area contributed by atoms with Gasteiger partial charge < -0.3 is 0 Å². The number of nitrogens with zero attached hydrogens (tertiary/aromatic N) is 1. The minimum atomic E-state index is 0. The van der Waals surface area contributed by atoms with E-state index in [1.807, 2.05) is 0 Å². The van der Waals surface area contributed by atoms with Gasteiger partial charge in [-0.15, -0.1) is 0 Å². The van der Waals surface area contributed by atoms with Crippen LogP contribution in [0.25, 0.3) is 0 Å². The topological polar surface area (TPSA) is 59.0 Å². The Morgan fingerprint density at radius 3 is 1.00 bits per heavy atom. The van der Waals surface area contributed by atoms with Gasteiger partial charge in [-0.1, -0.05) is 0 Å². The van der Waals surface area contributed by atoms with Crippen LogP contribution in [0, 0.1) is 0 Å². The van der Waals surface area contributed by atoms with Gasteiger partial charge >= 0.3 is 0 Å². The molecule has 0 N–H and O–H groups in total. The van der Waals surface area contributed by atoms with Crippen LogP contribution in [-0.2, 0) is 53.7 Å². The summed E-state index contributed by atoms with van der Waals surface area (Å²) < 4.78 is 0. The molecule has 0 aromatic heterocycles. The third kappa shape index (κ3) is 9.65. The fourth-order valence-electron chi connectivity index (χ4n) is 0. The van der Waals surface area contributed by atoms with E-state index in [2.05, 4.69) is 0 Å². The number of rotatable bonds is 0. The third-order valence-corrected chi connectivity index (χ3v) is 0. The molecular formula is HfNOTa. The average Bonchev–Trinajstić information content (AvgIpc) is 0. The number of hydrogen-bond acceptors (Lipinski definition) is 0. The van der Waals surface area contributed by atoms with Gasteiger partial charge in [0.15, 0.2) is 0 Å². The molecule has 0 aliphatic carbocycles. The molecule has 0 heterocycles. The predicted molar refractivity (Wildman–Crippen MR) is 2.82 cm³/mol. The maximum Gasteiger partial charge on any atom is 0 e. The second kappa shape index (κ2) is 24.1. The molecule has 0 amide bonds. The molecule has 20 valence electrons. The molecule has 0 aromatic rings. The van der Waals surface area contributed by atoms with Gasteiger partial charge in [-0.25, -0.2) is 0 Å². The van der Waals surface area contributed by atoms with Crippen molar-refractivity contribution in [3.63, 3.8) is 0 Å². The summed E-state index contributed by atoms with van der Waals surface area (Å²) in [5.41, 5.74) is 0. The van der Waals surface area contributed by atoms with E-state index in [0.29, 0.717) is 0 Å². The Bertz CT molecular complexity index is 8.00. The normalized spacial score (nSPS) is 0. The van der Waals surface area contributed by atoms with Gasteiger partial charge in [0.1, 0.15) is 0 Å². The quantitative estimate of drug-likeness (QED) is 0.497. The van der Waals surface area contributed by atoms with Crippen molar-refractivity contribution in [1.82, 2.24) is 6.15 Å². The first-order valence-corrected chi connectivity index (χ1v) is 0. The van der Waals surface area contributed by atoms with Gasteiger partial charge in [-0.2, -0.15) is 0 Å². The first-order valence-electron chi connectivity index (χ1n) is 0. The van der Waals surface area contributed by atoms with E-state index in [1.54, 1.807) is 0 Å². The Kier molecular flexibility index (Phi) is 292. The van der Waals surface area contributed by atoms with Crippen LogP contribution in [0.15, 0.2) is 0 Å². The third-order valence-electron chi connectivity index (χ3n) is 0. The summed E-state index contributed by atoms with van der Waals surface area (Å²) in [5.74, 6) is 0. The molecule has 4 heavy (non-hydrogen) atoms. The summed E-state index contributed by atoms with van der Waals surface area (Å²) in [4.78, 5) is 0. The van der Waals surface area contributed by atoms with Gasteiger partial charge in [0.2, 0.25) is 0 Å². The molecule has 2 nitrogen and oxygen atoms in total. The van der Waals surface area contributed by atoms with Crippen LogP contribution >= 0.6 is 0 Å². The van der Waals surface area contributed by atoms with Crippen LogP contribution < -0.4 is 6.15 Å². The first kappa shape index (κ1) is 48.5. The molecule has 0 rings (SSSR count). The monoisotopic (exact) mass is 391 g/mol. The van der Waals surface area contributed by atoms with Crippen molar-refractivity contribution in [2.75, 3.05) is 0 Å². The minimum Gasteiger partial charge on any atom is 0 e. The molecule has 0 bridgehead atoms. The smallest absolute Gasteiger partial charge is 0 e. The Morgan fingerprint density at radius 1 is 1.00 bits per heavy atom. The summed E-state index contributed by atoms with van der Waals surface area (Å²) in [6, 6.07) is 0. The van der Waals surface area contributed by atoms with Crippen LogP contribution in [-0.4, -0.2) is 0 Å². The zero-order valence-corrected chi connectivity index (χ0v) is 8.61. The van der Waals surface area contributed by atoms with E-state index in [9.17, 15) is 0 Å². The van der Waals surface area contributed by atoms with Crippen molar-refractivity contribution in [3.8, 4) is 0 Å². The largest absolute Gasteiger partial charge is 0 e. The van der Waals surface area contributed by atoms with Crippen LogP contribution in [0.5, 0.6) is 0 Å². The van der Waals surface area contributed by atoms with Gasteiger partial charge in [0, 0.05) is 59.9 Å². The summed E-state index contributed by atoms with van der Waals surface area (Å²) in [7, 11) is 0. The molecule has 0 saturated heterocycles. The molecule has 0 fully saturated rings. The molecular weight excluding hydrogens is 389 g/mol. The summed E-state index contributed by atoms with van der Waals surface area (Å²) in [6.07, 6.45) is 0. The molecule has 4 heteroatoms. The van der Waals surface area contributed by atoms with Crippen molar-refractivity contribution >= 4 is 0 Å². The van der Waals surface area contributed by atoms with Gasteiger partial charge in [0.05, 0.1) is 0 Å². The molecule has 0 atom stereocenters. The molecule has 6 radical (unpaired) electrons. The molecule has 0 aromatic carbocycles. The van der Waals surface area contributed by atoms with E-state index < -0.39 is 0 Å². The van der Waals surface area contributed by atoms with E-state index >= 15 is 0 Å². The minimum absolute atomic E-state index is 0.